The first kappa shape index (κ1) is 19.4. The molecule has 0 aliphatic carbocycles. The van der Waals surface area contributed by atoms with E-state index in [0.717, 1.165) is 16.8 Å². The quantitative estimate of drug-likeness (QED) is 0.773. The maximum Gasteiger partial charge on any atom is 0.239 e. The minimum Gasteiger partial charge on any atom is -0.376 e. The van der Waals surface area contributed by atoms with Crippen molar-refractivity contribution in [1.82, 2.24) is 5.32 Å². The van der Waals surface area contributed by atoms with Crippen LogP contribution in [0.25, 0.3) is 0 Å². The van der Waals surface area contributed by atoms with Crippen molar-refractivity contribution in [2.75, 3.05) is 25.0 Å². The molecule has 0 saturated heterocycles. The maximum absolute atomic E-state index is 11.4. The highest BCUT2D eigenvalue weighted by Crippen LogP contribution is 2.18. The van der Waals surface area contributed by atoms with Gasteiger partial charge in [0.15, 0.2) is 0 Å². The Kier molecular flexibility index (Phi) is 10.8. The number of rotatable bonds is 5. The predicted octanol–water partition coefficient (Wildman–Crippen LogP) is 1.63. The Morgan fingerprint density at radius 2 is 1.78 bits per heavy atom. The first-order valence-corrected chi connectivity index (χ1v) is 5.42. The largest absolute Gasteiger partial charge is 0.376 e. The van der Waals surface area contributed by atoms with Gasteiger partial charge in [-0.25, -0.2) is 0 Å². The molecule has 0 aromatic heterocycles. The van der Waals surface area contributed by atoms with Gasteiger partial charge in [-0.2, -0.15) is 0 Å². The number of nitrogens with one attached hydrogen (secondary N) is 2. The van der Waals surface area contributed by atoms with Crippen molar-refractivity contribution in [1.29, 1.82) is 0 Å². The topological polar surface area (TPSA) is 67.2 Å². The summed E-state index contributed by atoms with van der Waals surface area (Å²) >= 11 is 0. The van der Waals surface area contributed by atoms with E-state index in [0.29, 0.717) is 13.1 Å². The summed E-state index contributed by atoms with van der Waals surface area (Å²) in [5.74, 6) is -0.0342. The Hall–Kier alpha value is -0.970. The Morgan fingerprint density at radius 1 is 1.22 bits per heavy atom. The number of carbonyl (C=O) groups excluding carboxylic acids is 1. The molecule has 0 radical (unpaired) electrons. The van der Waals surface area contributed by atoms with E-state index in [1.165, 1.54) is 0 Å². The van der Waals surface area contributed by atoms with E-state index in [4.69, 9.17) is 5.73 Å². The fourth-order valence-electron chi connectivity index (χ4n) is 1.54. The fraction of sp³-hybridized carbons (Fsp3) is 0.417. The number of benzene rings is 1. The molecular formula is C12H21Cl2N3O. The van der Waals surface area contributed by atoms with Crippen LogP contribution in [0.2, 0.25) is 0 Å². The summed E-state index contributed by atoms with van der Waals surface area (Å²) < 4.78 is 0. The van der Waals surface area contributed by atoms with Gasteiger partial charge in [-0.05, 0) is 25.0 Å². The summed E-state index contributed by atoms with van der Waals surface area (Å²) in [6.45, 7) is 5.31. The highest BCUT2D eigenvalue weighted by atomic mass is 35.5. The number of halogens is 2. The van der Waals surface area contributed by atoms with Crippen LogP contribution >= 0.6 is 24.8 Å². The van der Waals surface area contributed by atoms with E-state index in [1.807, 2.05) is 32.0 Å². The molecule has 1 aromatic carbocycles. The third-order valence-corrected chi connectivity index (χ3v) is 2.37. The average Bonchev–Trinajstić information content (AvgIpc) is 2.25. The van der Waals surface area contributed by atoms with Gasteiger partial charge in [0, 0.05) is 18.8 Å². The molecule has 0 spiro atoms. The van der Waals surface area contributed by atoms with Crippen LogP contribution in [-0.2, 0) is 4.79 Å². The highest BCUT2D eigenvalue weighted by Gasteiger charge is 2.04. The molecule has 18 heavy (non-hydrogen) atoms. The molecule has 0 aliphatic rings. The van der Waals surface area contributed by atoms with E-state index in [9.17, 15) is 4.79 Å². The fourth-order valence-corrected chi connectivity index (χ4v) is 1.54. The summed E-state index contributed by atoms with van der Waals surface area (Å²) in [7, 11) is 0. The lowest BCUT2D eigenvalue weighted by Crippen LogP contribution is -2.33. The summed E-state index contributed by atoms with van der Waals surface area (Å²) in [4.78, 5) is 11.4. The van der Waals surface area contributed by atoms with Crippen LogP contribution in [0.5, 0.6) is 0 Å². The van der Waals surface area contributed by atoms with Crippen molar-refractivity contribution in [3.05, 3.63) is 29.3 Å². The Balaban J connectivity index is 0. The molecule has 1 aromatic rings. The predicted molar refractivity (Wildman–Crippen MR) is 81.0 cm³/mol. The molecule has 6 heteroatoms. The summed E-state index contributed by atoms with van der Waals surface area (Å²) in [6.07, 6.45) is 0. The van der Waals surface area contributed by atoms with Gasteiger partial charge < -0.3 is 16.4 Å². The standard InChI is InChI=1S/C12H19N3O.2ClH/c1-9-4-3-5-10(2)12(9)15-8-11(16)14-7-6-13;;/h3-5,15H,6-8,13H2,1-2H3,(H,14,16);2*1H. The van der Waals surface area contributed by atoms with Gasteiger partial charge in [-0.15, -0.1) is 24.8 Å². The zero-order chi connectivity index (χ0) is 12.0. The van der Waals surface area contributed by atoms with Crippen molar-refractivity contribution < 1.29 is 4.79 Å². The normalized spacial score (nSPS) is 8.83. The molecular weight excluding hydrogens is 273 g/mol. The Morgan fingerprint density at radius 3 is 2.28 bits per heavy atom. The second-order valence-corrected chi connectivity index (χ2v) is 3.76. The number of carbonyl (C=O) groups is 1. The van der Waals surface area contributed by atoms with Gasteiger partial charge in [0.25, 0.3) is 0 Å². The van der Waals surface area contributed by atoms with Gasteiger partial charge in [0.1, 0.15) is 0 Å². The molecule has 0 saturated carbocycles. The van der Waals surface area contributed by atoms with Crippen LogP contribution in [0, 0.1) is 13.8 Å². The van der Waals surface area contributed by atoms with E-state index in [-0.39, 0.29) is 37.3 Å². The number of nitrogens with two attached hydrogens (primary N) is 1. The molecule has 1 rings (SSSR count). The van der Waals surface area contributed by atoms with Crippen LogP contribution < -0.4 is 16.4 Å². The molecule has 0 atom stereocenters. The SMILES string of the molecule is Cc1cccc(C)c1NCC(=O)NCCN.Cl.Cl. The van der Waals surface area contributed by atoms with E-state index >= 15 is 0 Å². The summed E-state index contributed by atoms with van der Waals surface area (Å²) in [5.41, 5.74) is 8.62. The molecule has 0 unspecified atom stereocenters. The average molecular weight is 294 g/mol. The summed E-state index contributed by atoms with van der Waals surface area (Å²) in [5, 5.41) is 5.85. The van der Waals surface area contributed by atoms with Gasteiger partial charge in [-0.1, -0.05) is 18.2 Å². The number of para-hydroxylation sites is 1. The van der Waals surface area contributed by atoms with Crippen molar-refractivity contribution in [2.24, 2.45) is 5.73 Å². The lowest BCUT2D eigenvalue weighted by Gasteiger charge is -2.12. The smallest absolute Gasteiger partial charge is 0.239 e. The monoisotopic (exact) mass is 293 g/mol. The van der Waals surface area contributed by atoms with Crippen LogP contribution in [0.4, 0.5) is 5.69 Å². The first-order valence-electron chi connectivity index (χ1n) is 5.42. The van der Waals surface area contributed by atoms with Gasteiger partial charge in [0.05, 0.1) is 6.54 Å². The van der Waals surface area contributed by atoms with Crippen molar-refractivity contribution >= 4 is 36.4 Å². The zero-order valence-corrected chi connectivity index (χ0v) is 12.3. The van der Waals surface area contributed by atoms with Crippen LogP contribution in [0.3, 0.4) is 0 Å². The molecule has 0 fully saturated rings. The molecule has 1 amide bonds. The molecule has 0 aliphatic heterocycles. The third-order valence-electron chi connectivity index (χ3n) is 2.37. The van der Waals surface area contributed by atoms with Crippen LogP contribution in [0.15, 0.2) is 18.2 Å². The molecule has 0 bridgehead atoms. The number of aryl methyl sites for hydroxylation is 2. The van der Waals surface area contributed by atoms with Crippen molar-refractivity contribution in [3.8, 4) is 0 Å². The van der Waals surface area contributed by atoms with Crippen molar-refractivity contribution in [3.63, 3.8) is 0 Å². The number of amides is 1. The second-order valence-electron chi connectivity index (χ2n) is 3.76. The molecule has 0 heterocycles. The zero-order valence-electron chi connectivity index (χ0n) is 10.7. The van der Waals surface area contributed by atoms with E-state index < -0.39 is 0 Å². The first-order chi connectivity index (χ1) is 7.65. The van der Waals surface area contributed by atoms with Crippen LogP contribution in [-0.4, -0.2) is 25.5 Å². The molecule has 4 nitrogen and oxygen atoms in total. The third kappa shape index (κ3) is 6.10. The van der Waals surface area contributed by atoms with Gasteiger partial charge in [0.2, 0.25) is 5.91 Å². The number of anilines is 1. The lowest BCUT2D eigenvalue weighted by atomic mass is 10.1. The highest BCUT2D eigenvalue weighted by molar-refractivity contribution is 5.85. The summed E-state index contributed by atoms with van der Waals surface area (Å²) in [6, 6.07) is 6.05. The van der Waals surface area contributed by atoms with Crippen LogP contribution in [0.1, 0.15) is 11.1 Å². The maximum atomic E-state index is 11.4. The number of hydrogen-bond donors (Lipinski definition) is 3. The number of hydrogen-bond acceptors (Lipinski definition) is 3. The molecule has 4 N–H and O–H groups in total. The van der Waals surface area contributed by atoms with Gasteiger partial charge in [-0.3, -0.25) is 4.79 Å². The second kappa shape index (κ2) is 10.00. The Bertz CT molecular complexity index is 352. The lowest BCUT2D eigenvalue weighted by molar-refractivity contribution is -0.119. The van der Waals surface area contributed by atoms with E-state index in [2.05, 4.69) is 10.6 Å². The minimum absolute atomic E-state index is 0. The van der Waals surface area contributed by atoms with E-state index in [1.54, 1.807) is 0 Å². The van der Waals surface area contributed by atoms with Crippen molar-refractivity contribution in [2.45, 2.75) is 13.8 Å². The van der Waals surface area contributed by atoms with Gasteiger partial charge >= 0.3 is 0 Å². The molecule has 104 valence electrons. The Labute approximate surface area is 121 Å². The minimum atomic E-state index is -0.0342.